The van der Waals surface area contributed by atoms with Crippen LogP contribution in [0.15, 0.2) is 46.6 Å². The van der Waals surface area contributed by atoms with Crippen LogP contribution in [0.4, 0.5) is 0 Å². The molecule has 160 valence electrons. The molecular formula is C24H41NO3. The van der Waals surface area contributed by atoms with Crippen LogP contribution in [0.5, 0.6) is 0 Å². The Morgan fingerprint density at radius 1 is 0.714 bits per heavy atom. The van der Waals surface area contributed by atoms with Gasteiger partial charge in [-0.05, 0) is 73.1 Å². The van der Waals surface area contributed by atoms with Crippen LogP contribution >= 0.6 is 0 Å². The van der Waals surface area contributed by atoms with E-state index in [4.69, 9.17) is 10.2 Å². The highest BCUT2D eigenvalue weighted by Gasteiger charge is 2.09. The zero-order chi connectivity index (χ0) is 21.4. The van der Waals surface area contributed by atoms with E-state index in [1.54, 1.807) is 6.08 Å². The Kier molecular flexibility index (Phi) is 15.4. The van der Waals surface area contributed by atoms with Gasteiger partial charge in [-0.2, -0.15) is 0 Å². The largest absolute Gasteiger partial charge is 0.395 e. The summed E-state index contributed by atoms with van der Waals surface area (Å²) in [4.78, 5) is 13.6. The van der Waals surface area contributed by atoms with E-state index in [2.05, 4.69) is 45.9 Å². The van der Waals surface area contributed by atoms with E-state index < -0.39 is 0 Å². The van der Waals surface area contributed by atoms with E-state index in [1.807, 2.05) is 6.92 Å². The summed E-state index contributed by atoms with van der Waals surface area (Å²) in [6.07, 6.45) is 14.7. The first-order valence-electron chi connectivity index (χ1n) is 10.4. The summed E-state index contributed by atoms with van der Waals surface area (Å²) < 4.78 is 0. The monoisotopic (exact) mass is 391 g/mol. The Morgan fingerprint density at radius 2 is 1.14 bits per heavy atom. The quantitative estimate of drug-likeness (QED) is 0.325. The lowest BCUT2D eigenvalue weighted by Gasteiger charge is -2.19. The van der Waals surface area contributed by atoms with Crippen molar-refractivity contribution in [2.75, 3.05) is 26.3 Å². The second-order valence-electron chi connectivity index (χ2n) is 7.76. The van der Waals surface area contributed by atoms with Crippen LogP contribution in [-0.2, 0) is 4.79 Å². The van der Waals surface area contributed by atoms with E-state index in [1.165, 1.54) is 21.6 Å². The Bertz CT molecular complexity index is 560. The lowest BCUT2D eigenvalue weighted by Crippen LogP contribution is -2.34. The number of allylic oxidation sites excluding steroid dienone is 7. The van der Waals surface area contributed by atoms with Gasteiger partial charge in [0, 0.05) is 19.2 Å². The number of aliphatic hydroxyl groups excluding tert-OH is 2. The number of nitrogens with zero attached hydrogens (tertiary/aromatic N) is 1. The molecule has 0 saturated carbocycles. The van der Waals surface area contributed by atoms with Gasteiger partial charge < -0.3 is 15.1 Å². The summed E-state index contributed by atoms with van der Waals surface area (Å²) in [5.41, 5.74) is 5.24. The maximum atomic E-state index is 12.1. The van der Waals surface area contributed by atoms with Crippen LogP contribution in [0.25, 0.3) is 0 Å². The van der Waals surface area contributed by atoms with Crippen LogP contribution < -0.4 is 0 Å². The first kappa shape index (κ1) is 26.4. The Hall–Kier alpha value is -1.65. The molecule has 0 fully saturated rings. The van der Waals surface area contributed by atoms with Gasteiger partial charge in [0.1, 0.15) is 0 Å². The molecule has 0 aromatic carbocycles. The predicted octanol–water partition coefficient (Wildman–Crippen LogP) is 4.95. The third kappa shape index (κ3) is 14.4. The number of aliphatic hydroxyl groups is 2. The topological polar surface area (TPSA) is 60.8 Å². The van der Waals surface area contributed by atoms with Crippen LogP contribution in [0.3, 0.4) is 0 Å². The van der Waals surface area contributed by atoms with E-state index in [0.29, 0.717) is 0 Å². The van der Waals surface area contributed by atoms with E-state index in [-0.39, 0.29) is 32.2 Å². The van der Waals surface area contributed by atoms with Crippen molar-refractivity contribution in [2.45, 2.75) is 73.1 Å². The zero-order valence-corrected chi connectivity index (χ0v) is 18.6. The van der Waals surface area contributed by atoms with Gasteiger partial charge in [-0.1, -0.05) is 40.5 Å². The Morgan fingerprint density at radius 3 is 1.57 bits per heavy atom. The normalized spacial score (nSPS) is 12.9. The molecule has 0 bridgehead atoms. The SMILES string of the molecule is CC(C)=CCCC(C)=CCCC(C)=CCCC(C)=CC(=O)N(CCO)CCO. The van der Waals surface area contributed by atoms with Crippen molar-refractivity contribution in [3.63, 3.8) is 0 Å². The molecule has 28 heavy (non-hydrogen) atoms. The molecule has 2 N–H and O–H groups in total. The maximum Gasteiger partial charge on any atom is 0.246 e. The molecule has 0 spiro atoms. The summed E-state index contributed by atoms with van der Waals surface area (Å²) in [6, 6.07) is 0. The average molecular weight is 392 g/mol. The molecule has 0 heterocycles. The second-order valence-corrected chi connectivity index (χ2v) is 7.76. The van der Waals surface area contributed by atoms with E-state index in [0.717, 1.165) is 44.1 Å². The number of hydrogen-bond acceptors (Lipinski definition) is 3. The minimum Gasteiger partial charge on any atom is -0.395 e. The number of rotatable bonds is 14. The summed E-state index contributed by atoms with van der Waals surface area (Å²) in [5.74, 6) is -0.143. The number of hydrogen-bond donors (Lipinski definition) is 2. The average Bonchev–Trinajstić information content (AvgIpc) is 2.61. The molecule has 4 nitrogen and oxygen atoms in total. The summed E-state index contributed by atoms with van der Waals surface area (Å²) in [7, 11) is 0. The van der Waals surface area contributed by atoms with Crippen molar-refractivity contribution in [3.8, 4) is 0 Å². The highest BCUT2D eigenvalue weighted by atomic mass is 16.3. The van der Waals surface area contributed by atoms with Crippen LogP contribution in [0.2, 0.25) is 0 Å². The molecule has 0 aliphatic carbocycles. The summed E-state index contributed by atoms with van der Waals surface area (Å²) >= 11 is 0. The Labute approximate surface area is 172 Å². The number of carbonyl (C=O) groups is 1. The third-order valence-electron chi connectivity index (χ3n) is 4.58. The van der Waals surface area contributed by atoms with Crippen molar-refractivity contribution < 1.29 is 15.0 Å². The lowest BCUT2D eigenvalue weighted by molar-refractivity contribution is -0.127. The lowest BCUT2D eigenvalue weighted by atomic mass is 10.0. The molecule has 1 amide bonds. The van der Waals surface area contributed by atoms with Crippen molar-refractivity contribution in [1.82, 2.24) is 4.90 Å². The highest BCUT2D eigenvalue weighted by molar-refractivity contribution is 5.88. The van der Waals surface area contributed by atoms with Gasteiger partial charge in [-0.3, -0.25) is 4.79 Å². The maximum absolute atomic E-state index is 12.1. The van der Waals surface area contributed by atoms with Gasteiger partial charge in [-0.15, -0.1) is 0 Å². The van der Waals surface area contributed by atoms with Crippen molar-refractivity contribution in [2.24, 2.45) is 0 Å². The van der Waals surface area contributed by atoms with Gasteiger partial charge in [0.05, 0.1) is 13.2 Å². The first-order chi connectivity index (χ1) is 13.3. The Balaban J connectivity index is 4.31. The molecule has 0 radical (unpaired) electrons. The molecule has 0 unspecified atom stereocenters. The molecule has 0 aromatic heterocycles. The molecule has 0 saturated heterocycles. The molecule has 0 atom stereocenters. The minimum atomic E-state index is -0.143. The molecule has 0 aromatic rings. The van der Waals surface area contributed by atoms with Gasteiger partial charge in [0.2, 0.25) is 5.91 Å². The number of carbonyl (C=O) groups excluding carboxylic acids is 1. The van der Waals surface area contributed by atoms with Crippen molar-refractivity contribution >= 4 is 5.91 Å². The highest BCUT2D eigenvalue weighted by Crippen LogP contribution is 2.13. The first-order valence-corrected chi connectivity index (χ1v) is 10.4. The standard InChI is InChI=1S/C24H41NO3/c1-20(2)9-6-10-21(3)11-7-12-22(4)13-8-14-23(5)19-24(28)25(15-17-26)16-18-27/h9,11,13,19,26-27H,6-8,10,12,14-18H2,1-5H3. The van der Waals surface area contributed by atoms with E-state index >= 15 is 0 Å². The fraction of sp³-hybridized carbons (Fsp3) is 0.625. The smallest absolute Gasteiger partial charge is 0.246 e. The van der Waals surface area contributed by atoms with E-state index in [9.17, 15) is 4.79 Å². The summed E-state index contributed by atoms with van der Waals surface area (Å²) in [5, 5.41) is 18.0. The van der Waals surface area contributed by atoms with Gasteiger partial charge in [0.15, 0.2) is 0 Å². The van der Waals surface area contributed by atoms with Crippen molar-refractivity contribution in [3.05, 3.63) is 46.6 Å². The third-order valence-corrected chi connectivity index (χ3v) is 4.58. The van der Waals surface area contributed by atoms with Gasteiger partial charge >= 0.3 is 0 Å². The molecule has 4 heteroatoms. The fourth-order valence-corrected chi connectivity index (χ4v) is 2.83. The number of amides is 1. The zero-order valence-electron chi connectivity index (χ0n) is 18.6. The van der Waals surface area contributed by atoms with Crippen LogP contribution in [-0.4, -0.2) is 47.3 Å². The molecule has 0 aliphatic rings. The minimum absolute atomic E-state index is 0.0938. The summed E-state index contributed by atoms with van der Waals surface area (Å²) in [6.45, 7) is 10.9. The van der Waals surface area contributed by atoms with Crippen molar-refractivity contribution in [1.29, 1.82) is 0 Å². The molecule has 0 rings (SSSR count). The van der Waals surface area contributed by atoms with Gasteiger partial charge in [0.25, 0.3) is 0 Å². The van der Waals surface area contributed by atoms with Gasteiger partial charge in [-0.25, -0.2) is 0 Å². The van der Waals surface area contributed by atoms with Crippen LogP contribution in [0.1, 0.15) is 73.1 Å². The second kappa shape index (κ2) is 16.3. The fourth-order valence-electron chi connectivity index (χ4n) is 2.83. The van der Waals surface area contributed by atoms with Crippen LogP contribution in [0, 0.1) is 0 Å². The molecule has 0 aliphatic heterocycles. The molecular weight excluding hydrogens is 350 g/mol. The predicted molar refractivity (Wildman–Crippen MR) is 119 cm³/mol.